The van der Waals surface area contributed by atoms with Gasteiger partial charge in [-0.05, 0) is 24.6 Å². The maximum atomic E-state index is 12.8. The van der Waals surface area contributed by atoms with Gasteiger partial charge in [-0.1, -0.05) is 6.92 Å². The highest BCUT2D eigenvalue weighted by atomic mass is 19.1. The van der Waals surface area contributed by atoms with Gasteiger partial charge in [0.25, 0.3) is 5.91 Å². The van der Waals surface area contributed by atoms with E-state index >= 15 is 0 Å². The molecule has 3 nitrogen and oxygen atoms in total. The van der Waals surface area contributed by atoms with Crippen LogP contribution >= 0.6 is 0 Å². The van der Waals surface area contributed by atoms with Crippen LogP contribution in [0.3, 0.4) is 0 Å². The van der Waals surface area contributed by atoms with E-state index in [4.69, 9.17) is 10.5 Å². The van der Waals surface area contributed by atoms with E-state index < -0.39 is 11.7 Å². The van der Waals surface area contributed by atoms with E-state index in [0.717, 1.165) is 12.5 Å². The predicted molar refractivity (Wildman–Crippen MR) is 50.7 cm³/mol. The summed E-state index contributed by atoms with van der Waals surface area (Å²) in [5, 5.41) is 0. The number of rotatable bonds is 4. The summed E-state index contributed by atoms with van der Waals surface area (Å²) in [7, 11) is 0. The summed E-state index contributed by atoms with van der Waals surface area (Å²) in [6.45, 7) is 2.42. The Labute approximate surface area is 81.7 Å². The molecule has 1 amide bonds. The fourth-order valence-electron chi connectivity index (χ4n) is 1.03. The summed E-state index contributed by atoms with van der Waals surface area (Å²) in [6, 6.07) is 3.72. The van der Waals surface area contributed by atoms with E-state index in [2.05, 4.69) is 0 Å². The van der Waals surface area contributed by atoms with Crippen molar-refractivity contribution in [3.63, 3.8) is 0 Å². The largest absolute Gasteiger partial charge is 0.493 e. The molecule has 0 heterocycles. The number of carbonyl (C=O) groups is 1. The molecule has 76 valence electrons. The second-order valence-electron chi connectivity index (χ2n) is 2.85. The lowest BCUT2D eigenvalue weighted by Crippen LogP contribution is -2.13. The lowest BCUT2D eigenvalue weighted by molar-refractivity contribution is 0.0996. The minimum atomic E-state index is -0.685. The molecule has 0 bridgehead atoms. The van der Waals surface area contributed by atoms with E-state index in [1.165, 1.54) is 12.1 Å². The second kappa shape index (κ2) is 4.60. The molecule has 0 saturated heterocycles. The molecule has 0 aliphatic heterocycles. The van der Waals surface area contributed by atoms with E-state index in [1.807, 2.05) is 6.92 Å². The van der Waals surface area contributed by atoms with E-state index in [0.29, 0.717) is 12.4 Å². The highest BCUT2D eigenvalue weighted by molar-refractivity contribution is 5.95. The first-order valence-electron chi connectivity index (χ1n) is 4.37. The Morgan fingerprint density at radius 1 is 1.57 bits per heavy atom. The van der Waals surface area contributed by atoms with Crippen LogP contribution < -0.4 is 10.5 Å². The molecule has 1 aromatic rings. The van der Waals surface area contributed by atoms with Crippen LogP contribution in [0.4, 0.5) is 4.39 Å². The van der Waals surface area contributed by atoms with E-state index in [9.17, 15) is 9.18 Å². The molecule has 1 aromatic carbocycles. The molecule has 14 heavy (non-hydrogen) atoms. The Bertz CT molecular complexity index is 339. The van der Waals surface area contributed by atoms with Crippen LogP contribution in [-0.2, 0) is 0 Å². The zero-order valence-electron chi connectivity index (χ0n) is 7.92. The number of ether oxygens (including phenoxy) is 1. The van der Waals surface area contributed by atoms with Crippen LogP contribution in [0.1, 0.15) is 23.7 Å². The van der Waals surface area contributed by atoms with E-state index in [-0.39, 0.29) is 5.56 Å². The molecule has 0 saturated carbocycles. The smallest absolute Gasteiger partial charge is 0.252 e. The lowest BCUT2D eigenvalue weighted by Gasteiger charge is -2.07. The Balaban J connectivity index is 2.96. The molecule has 0 fully saturated rings. The van der Waals surface area contributed by atoms with Gasteiger partial charge in [-0.25, -0.2) is 4.39 Å². The zero-order valence-corrected chi connectivity index (χ0v) is 7.92. The van der Waals surface area contributed by atoms with Crippen molar-refractivity contribution >= 4 is 5.91 Å². The average Bonchev–Trinajstić information content (AvgIpc) is 2.15. The molecule has 0 aliphatic rings. The van der Waals surface area contributed by atoms with Crippen molar-refractivity contribution < 1.29 is 13.9 Å². The number of primary amides is 1. The molecular weight excluding hydrogens is 185 g/mol. The quantitative estimate of drug-likeness (QED) is 0.798. The van der Waals surface area contributed by atoms with Crippen molar-refractivity contribution in [1.82, 2.24) is 0 Å². The maximum Gasteiger partial charge on any atom is 0.252 e. The molecule has 4 heteroatoms. The Morgan fingerprint density at radius 2 is 2.29 bits per heavy atom. The first kappa shape index (κ1) is 10.5. The summed E-state index contributed by atoms with van der Waals surface area (Å²) in [5.74, 6) is -0.848. The fourth-order valence-corrected chi connectivity index (χ4v) is 1.03. The molecule has 0 unspecified atom stereocenters. The molecule has 2 N–H and O–H groups in total. The summed E-state index contributed by atoms with van der Waals surface area (Å²) in [5.41, 5.74) is 5.15. The normalized spacial score (nSPS) is 9.86. The van der Waals surface area contributed by atoms with Gasteiger partial charge < -0.3 is 10.5 Å². The van der Waals surface area contributed by atoms with E-state index in [1.54, 1.807) is 0 Å². The van der Waals surface area contributed by atoms with Gasteiger partial charge in [0.2, 0.25) is 0 Å². The maximum absolute atomic E-state index is 12.8. The molecule has 1 rings (SSSR count). The third-order valence-corrected chi connectivity index (χ3v) is 1.67. The zero-order chi connectivity index (χ0) is 10.6. The van der Waals surface area contributed by atoms with Crippen molar-refractivity contribution in [2.75, 3.05) is 6.61 Å². The third kappa shape index (κ3) is 2.45. The number of hydrogen-bond donors (Lipinski definition) is 1. The molecule has 0 radical (unpaired) electrons. The number of hydrogen-bond acceptors (Lipinski definition) is 2. The Hall–Kier alpha value is -1.58. The van der Waals surface area contributed by atoms with Crippen molar-refractivity contribution in [2.24, 2.45) is 5.73 Å². The van der Waals surface area contributed by atoms with Gasteiger partial charge in [-0.3, -0.25) is 4.79 Å². The molecule has 0 aromatic heterocycles. The number of benzene rings is 1. The monoisotopic (exact) mass is 197 g/mol. The van der Waals surface area contributed by atoms with Gasteiger partial charge in [0, 0.05) is 0 Å². The van der Waals surface area contributed by atoms with Crippen LogP contribution in [0.2, 0.25) is 0 Å². The Kier molecular flexibility index (Phi) is 3.45. The van der Waals surface area contributed by atoms with Crippen molar-refractivity contribution in [1.29, 1.82) is 0 Å². The second-order valence-corrected chi connectivity index (χ2v) is 2.85. The predicted octanol–water partition coefficient (Wildman–Crippen LogP) is 1.71. The molecular formula is C10H12FNO2. The van der Waals surface area contributed by atoms with Crippen molar-refractivity contribution in [3.8, 4) is 5.75 Å². The van der Waals surface area contributed by atoms with Crippen LogP contribution in [0, 0.1) is 5.82 Å². The fraction of sp³-hybridized carbons (Fsp3) is 0.300. The van der Waals surface area contributed by atoms with Gasteiger partial charge >= 0.3 is 0 Å². The van der Waals surface area contributed by atoms with Crippen LogP contribution in [0.5, 0.6) is 5.75 Å². The SMILES string of the molecule is CCCOc1ccc(F)cc1C(N)=O. The summed E-state index contributed by atoms with van der Waals surface area (Å²) < 4.78 is 18.0. The number of halogens is 1. The van der Waals surface area contributed by atoms with Crippen LogP contribution in [0.15, 0.2) is 18.2 Å². The van der Waals surface area contributed by atoms with Gasteiger partial charge in [0.05, 0.1) is 12.2 Å². The summed E-state index contributed by atoms with van der Waals surface area (Å²) in [6.07, 6.45) is 0.815. The van der Waals surface area contributed by atoms with Gasteiger partial charge in [-0.2, -0.15) is 0 Å². The van der Waals surface area contributed by atoms with Gasteiger partial charge in [0.1, 0.15) is 11.6 Å². The summed E-state index contributed by atoms with van der Waals surface area (Å²) >= 11 is 0. The topological polar surface area (TPSA) is 52.3 Å². The van der Waals surface area contributed by atoms with Crippen molar-refractivity contribution in [2.45, 2.75) is 13.3 Å². The van der Waals surface area contributed by atoms with Crippen LogP contribution in [-0.4, -0.2) is 12.5 Å². The molecule has 0 aliphatic carbocycles. The number of nitrogens with two attached hydrogens (primary N) is 1. The van der Waals surface area contributed by atoms with Crippen LogP contribution in [0.25, 0.3) is 0 Å². The number of carbonyl (C=O) groups excluding carboxylic acids is 1. The van der Waals surface area contributed by atoms with Gasteiger partial charge in [-0.15, -0.1) is 0 Å². The first-order valence-corrected chi connectivity index (χ1v) is 4.37. The molecule has 0 atom stereocenters. The highest BCUT2D eigenvalue weighted by Gasteiger charge is 2.10. The third-order valence-electron chi connectivity index (χ3n) is 1.67. The highest BCUT2D eigenvalue weighted by Crippen LogP contribution is 2.19. The molecule has 0 spiro atoms. The van der Waals surface area contributed by atoms with Gasteiger partial charge in [0.15, 0.2) is 0 Å². The average molecular weight is 197 g/mol. The minimum absolute atomic E-state index is 0.0819. The lowest BCUT2D eigenvalue weighted by atomic mass is 10.2. The first-order chi connectivity index (χ1) is 6.65. The Morgan fingerprint density at radius 3 is 2.86 bits per heavy atom. The van der Waals surface area contributed by atoms with Crippen molar-refractivity contribution in [3.05, 3.63) is 29.6 Å². The number of amides is 1. The summed E-state index contributed by atoms with van der Waals surface area (Å²) in [4.78, 5) is 10.9. The minimum Gasteiger partial charge on any atom is -0.493 e. The standard InChI is InChI=1S/C10H12FNO2/c1-2-5-14-9-4-3-7(11)6-8(9)10(12)13/h3-4,6H,2,5H2,1H3,(H2,12,13).